The summed E-state index contributed by atoms with van der Waals surface area (Å²) in [7, 11) is 0. The molecule has 0 saturated carbocycles. The van der Waals surface area contributed by atoms with Gasteiger partial charge in [-0.3, -0.25) is 4.98 Å². The van der Waals surface area contributed by atoms with Crippen LogP contribution in [0.25, 0.3) is 83.4 Å². The molecule has 0 aliphatic heterocycles. The molecule has 1 aliphatic carbocycles. The van der Waals surface area contributed by atoms with E-state index in [1.165, 1.54) is 43.9 Å². The SMILES string of the molecule is CC1(C)c2ccccc2-c2c1c1ncccc1c1c3ccccc3n(-c3cccc(-c4cc(-c5ccccc5)nc(-c5ccccc5)n4)c3)c21. The van der Waals surface area contributed by atoms with E-state index in [9.17, 15) is 0 Å². The van der Waals surface area contributed by atoms with E-state index >= 15 is 0 Å². The van der Waals surface area contributed by atoms with Crippen molar-refractivity contribution in [3.05, 3.63) is 169 Å². The van der Waals surface area contributed by atoms with Crippen LogP contribution in [0.1, 0.15) is 25.0 Å². The second kappa shape index (κ2) is 10.8. The Kier molecular flexibility index (Phi) is 6.19. The summed E-state index contributed by atoms with van der Waals surface area (Å²) in [5.74, 6) is 0.708. The highest BCUT2D eigenvalue weighted by atomic mass is 15.0. The van der Waals surface area contributed by atoms with E-state index in [2.05, 4.69) is 146 Å². The van der Waals surface area contributed by atoms with E-state index in [1.807, 2.05) is 30.5 Å². The lowest BCUT2D eigenvalue weighted by Crippen LogP contribution is -2.16. The van der Waals surface area contributed by atoms with E-state index in [-0.39, 0.29) is 5.41 Å². The molecule has 0 unspecified atom stereocenters. The first-order chi connectivity index (χ1) is 24.6. The van der Waals surface area contributed by atoms with Gasteiger partial charge in [0.1, 0.15) is 0 Å². The Hall–Kier alpha value is -6.39. The molecular weight excluding hydrogens is 609 g/mol. The zero-order valence-electron chi connectivity index (χ0n) is 27.8. The molecule has 0 radical (unpaired) electrons. The van der Waals surface area contributed by atoms with Gasteiger partial charge >= 0.3 is 0 Å². The van der Waals surface area contributed by atoms with Gasteiger partial charge < -0.3 is 4.57 Å². The van der Waals surface area contributed by atoms with Gasteiger partial charge in [0, 0.05) is 55.7 Å². The predicted molar refractivity (Wildman–Crippen MR) is 206 cm³/mol. The summed E-state index contributed by atoms with van der Waals surface area (Å²) in [6.07, 6.45) is 1.94. The predicted octanol–water partition coefficient (Wildman–Crippen LogP) is 11.4. The highest BCUT2D eigenvalue weighted by Gasteiger charge is 2.40. The van der Waals surface area contributed by atoms with Crippen molar-refractivity contribution >= 4 is 32.7 Å². The molecule has 3 aromatic heterocycles. The fraction of sp³-hybridized carbons (Fsp3) is 0.0652. The molecule has 6 aromatic carbocycles. The second-order valence-electron chi connectivity index (χ2n) is 13.6. The minimum absolute atomic E-state index is 0.210. The number of hydrogen-bond donors (Lipinski definition) is 0. The van der Waals surface area contributed by atoms with Crippen LogP contribution in [0.3, 0.4) is 0 Å². The molecular formula is C46H32N4. The summed E-state index contributed by atoms with van der Waals surface area (Å²) < 4.78 is 2.47. The summed E-state index contributed by atoms with van der Waals surface area (Å²) in [5.41, 5.74) is 14.4. The largest absolute Gasteiger partial charge is 0.309 e. The third-order valence-corrected chi connectivity index (χ3v) is 10.4. The number of rotatable bonds is 4. The number of benzene rings is 6. The molecule has 9 aromatic rings. The van der Waals surface area contributed by atoms with E-state index in [0.717, 1.165) is 44.8 Å². The van der Waals surface area contributed by atoms with Crippen LogP contribution in [0.15, 0.2) is 158 Å². The fourth-order valence-electron chi connectivity index (χ4n) is 8.18. The van der Waals surface area contributed by atoms with E-state index in [4.69, 9.17) is 15.0 Å². The lowest BCUT2D eigenvalue weighted by molar-refractivity contribution is 0.665. The van der Waals surface area contributed by atoms with Crippen molar-refractivity contribution in [1.82, 2.24) is 19.5 Å². The molecule has 50 heavy (non-hydrogen) atoms. The molecule has 4 heteroatoms. The molecule has 0 bridgehead atoms. The Labute approximate surface area is 290 Å². The van der Waals surface area contributed by atoms with Gasteiger partial charge in [-0.2, -0.15) is 0 Å². The van der Waals surface area contributed by atoms with Gasteiger partial charge in [0.25, 0.3) is 0 Å². The maximum atomic E-state index is 5.17. The summed E-state index contributed by atoms with van der Waals surface area (Å²) in [6, 6.07) is 53.5. The van der Waals surface area contributed by atoms with Crippen LogP contribution in [-0.4, -0.2) is 19.5 Å². The summed E-state index contributed by atoms with van der Waals surface area (Å²) >= 11 is 0. The Morgan fingerprint density at radius 2 is 1.22 bits per heavy atom. The Bertz CT molecular complexity index is 2720. The van der Waals surface area contributed by atoms with Gasteiger partial charge in [0.15, 0.2) is 5.82 Å². The van der Waals surface area contributed by atoms with Crippen LogP contribution >= 0.6 is 0 Å². The number of hydrogen-bond acceptors (Lipinski definition) is 3. The molecule has 0 amide bonds. The second-order valence-corrected chi connectivity index (χ2v) is 13.6. The lowest BCUT2D eigenvalue weighted by atomic mass is 9.81. The number of nitrogens with zero attached hydrogens (tertiary/aromatic N) is 4. The number of pyridine rings is 1. The standard InChI is InChI=1S/C46H32N4/c1-46(2)36-24-11-9-21-33(36)41-42(46)43-35(23-14-26-47-43)40-34-22-10-12-25-39(34)50(44(40)41)32-20-13-19-31(27-32)38-28-37(29-15-5-3-6-16-29)48-45(49-38)30-17-7-4-8-18-30/h3-28H,1-2H3. The number of fused-ring (bicyclic) bond motifs is 10. The zero-order valence-corrected chi connectivity index (χ0v) is 27.8. The lowest BCUT2D eigenvalue weighted by Gasteiger charge is -2.23. The van der Waals surface area contributed by atoms with Crippen LogP contribution in [0.4, 0.5) is 0 Å². The first kappa shape index (κ1) is 28.6. The van der Waals surface area contributed by atoms with E-state index in [0.29, 0.717) is 5.82 Å². The van der Waals surface area contributed by atoms with Crippen LogP contribution < -0.4 is 0 Å². The summed E-state index contributed by atoms with van der Waals surface area (Å²) in [4.78, 5) is 15.3. The topological polar surface area (TPSA) is 43.6 Å². The van der Waals surface area contributed by atoms with Crippen LogP contribution in [0, 0.1) is 0 Å². The minimum atomic E-state index is -0.210. The van der Waals surface area contributed by atoms with E-state index < -0.39 is 0 Å². The van der Waals surface area contributed by atoms with E-state index in [1.54, 1.807) is 0 Å². The van der Waals surface area contributed by atoms with Crippen molar-refractivity contribution in [2.45, 2.75) is 19.3 Å². The van der Waals surface area contributed by atoms with Gasteiger partial charge in [-0.25, -0.2) is 9.97 Å². The van der Waals surface area contributed by atoms with Gasteiger partial charge in [-0.15, -0.1) is 0 Å². The quantitative estimate of drug-likeness (QED) is 0.192. The molecule has 0 N–H and O–H groups in total. The Morgan fingerprint density at radius 1 is 0.560 bits per heavy atom. The zero-order chi connectivity index (χ0) is 33.4. The van der Waals surface area contributed by atoms with Crippen molar-refractivity contribution in [1.29, 1.82) is 0 Å². The molecule has 0 spiro atoms. The fourth-order valence-corrected chi connectivity index (χ4v) is 8.18. The minimum Gasteiger partial charge on any atom is -0.309 e. The van der Waals surface area contributed by atoms with Gasteiger partial charge in [-0.05, 0) is 47.0 Å². The monoisotopic (exact) mass is 640 g/mol. The Balaban J connectivity index is 1.28. The van der Waals surface area contributed by atoms with Gasteiger partial charge in [0.2, 0.25) is 0 Å². The van der Waals surface area contributed by atoms with Crippen molar-refractivity contribution in [2.24, 2.45) is 0 Å². The molecule has 4 nitrogen and oxygen atoms in total. The maximum absolute atomic E-state index is 5.17. The highest BCUT2D eigenvalue weighted by Crippen LogP contribution is 2.55. The summed E-state index contributed by atoms with van der Waals surface area (Å²) in [5, 5.41) is 3.64. The molecule has 0 fully saturated rings. The summed E-state index contributed by atoms with van der Waals surface area (Å²) in [6.45, 7) is 4.68. The smallest absolute Gasteiger partial charge is 0.160 e. The van der Waals surface area contributed by atoms with Gasteiger partial charge in [-0.1, -0.05) is 135 Å². The van der Waals surface area contributed by atoms with Crippen molar-refractivity contribution < 1.29 is 0 Å². The maximum Gasteiger partial charge on any atom is 0.160 e. The molecule has 10 rings (SSSR count). The van der Waals surface area contributed by atoms with Crippen molar-refractivity contribution in [3.8, 4) is 50.7 Å². The molecule has 0 saturated heterocycles. The molecule has 0 atom stereocenters. The highest BCUT2D eigenvalue weighted by molar-refractivity contribution is 6.26. The third kappa shape index (κ3) is 4.15. The third-order valence-electron chi connectivity index (χ3n) is 10.4. The molecule has 3 heterocycles. The Morgan fingerprint density at radius 3 is 2.04 bits per heavy atom. The van der Waals surface area contributed by atoms with Gasteiger partial charge in [0.05, 0.1) is 27.9 Å². The molecule has 236 valence electrons. The average molecular weight is 641 g/mol. The number of para-hydroxylation sites is 1. The van der Waals surface area contributed by atoms with Crippen molar-refractivity contribution in [2.75, 3.05) is 0 Å². The van der Waals surface area contributed by atoms with Crippen LogP contribution in [-0.2, 0) is 5.41 Å². The first-order valence-electron chi connectivity index (χ1n) is 17.1. The average Bonchev–Trinajstić information content (AvgIpc) is 3.65. The van der Waals surface area contributed by atoms with Crippen molar-refractivity contribution in [3.63, 3.8) is 0 Å². The number of aromatic nitrogens is 4. The van der Waals surface area contributed by atoms with Crippen LogP contribution in [0.5, 0.6) is 0 Å². The normalized spacial score (nSPS) is 13.2. The first-order valence-corrected chi connectivity index (χ1v) is 17.1. The van der Waals surface area contributed by atoms with Crippen LogP contribution in [0.2, 0.25) is 0 Å². The molecule has 1 aliphatic rings.